The molecule has 2 bridgehead atoms. The third-order valence-corrected chi connectivity index (χ3v) is 9.95. The van der Waals surface area contributed by atoms with Crippen LogP contribution in [0, 0.1) is 11.6 Å². The summed E-state index contributed by atoms with van der Waals surface area (Å²) in [7, 11) is 0. The van der Waals surface area contributed by atoms with E-state index in [0.29, 0.717) is 22.6 Å². The van der Waals surface area contributed by atoms with Crippen LogP contribution in [-0.4, -0.2) is 47.1 Å². The van der Waals surface area contributed by atoms with E-state index < -0.39 is 17.4 Å². The molecule has 3 aromatic rings. The SMILES string of the molecule is O=C(C1=C(c2cnc(COCCOc3c(F)ccc(Cl)c3F)s2)CC2CCC1N2)N(Cc1cccc(Cl)c1Cl)C1CC1. The Balaban J connectivity index is 1.15. The van der Waals surface area contributed by atoms with Crippen LogP contribution in [0.5, 0.6) is 5.75 Å². The average molecular weight is 655 g/mol. The molecule has 2 aromatic carbocycles. The van der Waals surface area contributed by atoms with Crippen LogP contribution < -0.4 is 10.1 Å². The van der Waals surface area contributed by atoms with E-state index in [2.05, 4.69) is 10.3 Å². The Hall–Kier alpha value is -2.27. The largest absolute Gasteiger partial charge is 0.485 e. The summed E-state index contributed by atoms with van der Waals surface area (Å²) in [6.07, 6.45) is 6.41. The van der Waals surface area contributed by atoms with Crippen LogP contribution in [0.25, 0.3) is 5.57 Å². The smallest absolute Gasteiger partial charge is 0.252 e. The zero-order valence-corrected chi connectivity index (χ0v) is 25.6. The van der Waals surface area contributed by atoms with E-state index in [1.807, 2.05) is 17.0 Å². The number of carbonyl (C=O) groups is 1. The third-order valence-electron chi connectivity index (χ3n) is 7.77. The van der Waals surface area contributed by atoms with Gasteiger partial charge >= 0.3 is 0 Å². The maximum absolute atomic E-state index is 14.2. The molecule has 0 spiro atoms. The molecule has 2 fully saturated rings. The third kappa shape index (κ3) is 6.32. The second-order valence-corrected chi connectivity index (χ2v) is 13.0. The lowest BCUT2D eigenvalue weighted by Crippen LogP contribution is -2.44. The Morgan fingerprint density at radius 1 is 1.07 bits per heavy atom. The van der Waals surface area contributed by atoms with Crippen LogP contribution in [0.3, 0.4) is 0 Å². The highest BCUT2D eigenvalue weighted by Crippen LogP contribution is 2.42. The maximum Gasteiger partial charge on any atom is 0.252 e. The number of hydrogen-bond donors (Lipinski definition) is 1. The molecule has 0 radical (unpaired) electrons. The number of fused-ring (bicyclic) bond motifs is 2. The number of nitrogens with zero attached hydrogens (tertiary/aromatic N) is 2. The number of benzene rings is 2. The predicted molar refractivity (Wildman–Crippen MR) is 160 cm³/mol. The molecule has 6 rings (SSSR count). The Morgan fingerprint density at radius 3 is 2.71 bits per heavy atom. The Kier molecular flexibility index (Phi) is 9.05. The Bertz CT molecular complexity index is 1530. The number of rotatable bonds is 11. The summed E-state index contributed by atoms with van der Waals surface area (Å²) in [5.74, 6) is -2.26. The lowest BCUT2D eigenvalue weighted by atomic mass is 9.93. The molecule has 1 N–H and O–H groups in total. The number of nitrogens with one attached hydrogen (secondary N) is 1. The molecule has 42 heavy (non-hydrogen) atoms. The van der Waals surface area contributed by atoms with Crippen molar-refractivity contribution >= 4 is 57.6 Å². The van der Waals surface area contributed by atoms with Crippen molar-refractivity contribution in [1.29, 1.82) is 0 Å². The van der Waals surface area contributed by atoms with Crippen LogP contribution in [0.1, 0.15) is 47.6 Å². The maximum atomic E-state index is 14.2. The molecule has 222 valence electrons. The van der Waals surface area contributed by atoms with Gasteiger partial charge in [-0.1, -0.05) is 46.9 Å². The normalized spacial score (nSPS) is 19.8. The summed E-state index contributed by atoms with van der Waals surface area (Å²) in [5, 5.41) is 5.11. The number of carbonyl (C=O) groups excluding carboxylic acids is 1. The molecule has 1 saturated carbocycles. The highest BCUT2D eigenvalue weighted by Gasteiger charge is 2.42. The van der Waals surface area contributed by atoms with Crippen molar-refractivity contribution in [2.75, 3.05) is 13.2 Å². The lowest BCUT2D eigenvalue weighted by Gasteiger charge is -2.31. The summed E-state index contributed by atoms with van der Waals surface area (Å²) in [6.45, 7) is 0.655. The first-order valence-corrected chi connectivity index (χ1v) is 15.8. The van der Waals surface area contributed by atoms with Crippen molar-refractivity contribution in [1.82, 2.24) is 15.2 Å². The van der Waals surface area contributed by atoms with Crippen LogP contribution in [0.2, 0.25) is 15.1 Å². The molecule has 1 saturated heterocycles. The molecule has 3 aliphatic rings. The molecule has 1 aromatic heterocycles. The van der Waals surface area contributed by atoms with Gasteiger partial charge in [-0.2, -0.15) is 0 Å². The number of thiazole rings is 1. The summed E-state index contributed by atoms with van der Waals surface area (Å²) in [4.78, 5) is 21.7. The van der Waals surface area contributed by atoms with Gasteiger partial charge in [-0.05, 0) is 61.4 Å². The molecule has 3 heterocycles. The summed E-state index contributed by atoms with van der Waals surface area (Å²) < 4.78 is 38.7. The molecule has 12 heteroatoms. The van der Waals surface area contributed by atoms with E-state index >= 15 is 0 Å². The first-order valence-electron chi connectivity index (χ1n) is 13.8. The van der Waals surface area contributed by atoms with E-state index in [1.165, 1.54) is 11.3 Å². The summed E-state index contributed by atoms with van der Waals surface area (Å²) in [6, 6.07) is 8.21. The first-order chi connectivity index (χ1) is 20.3. The van der Waals surface area contributed by atoms with Crippen LogP contribution in [0.4, 0.5) is 8.78 Å². The first kappa shape index (κ1) is 29.8. The van der Waals surface area contributed by atoms with Crippen LogP contribution >= 0.6 is 46.1 Å². The van der Waals surface area contributed by atoms with Gasteiger partial charge in [-0.25, -0.2) is 13.8 Å². The number of amides is 1. The van der Waals surface area contributed by atoms with E-state index in [1.54, 1.807) is 12.3 Å². The van der Waals surface area contributed by atoms with Gasteiger partial charge in [0.25, 0.3) is 5.91 Å². The average Bonchev–Trinajstić information content (AvgIpc) is 3.59. The topological polar surface area (TPSA) is 63.7 Å². The van der Waals surface area contributed by atoms with Crippen molar-refractivity contribution in [2.24, 2.45) is 0 Å². The second kappa shape index (κ2) is 12.8. The zero-order chi connectivity index (χ0) is 29.4. The second-order valence-electron chi connectivity index (χ2n) is 10.7. The Morgan fingerprint density at radius 2 is 1.90 bits per heavy atom. The van der Waals surface area contributed by atoms with Crippen molar-refractivity contribution in [3.8, 4) is 5.75 Å². The molecule has 6 nitrogen and oxygen atoms in total. The van der Waals surface area contributed by atoms with Crippen molar-refractivity contribution in [3.05, 3.63) is 84.3 Å². The van der Waals surface area contributed by atoms with Crippen LogP contribution in [-0.2, 0) is 22.7 Å². The Labute approximate surface area is 261 Å². The van der Waals surface area contributed by atoms with Gasteiger partial charge in [0.1, 0.15) is 11.6 Å². The minimum atomic E-state index is -0.938. The number of hydrogen-bond acceptors (Lipinski definition) is 6. The van der Waals surface area contributed by atoms with E-state index in [-0.39, 0.29) is 42.8 Å². The lowest BCUT2D eigenvalue weighted by molar-refractivity contribution is -0.128. The standard InChI is InChI=1S/C30H28Cl3F2N3O3S/c31-20-3-1-2-16(27(20)33)14-38(18-5-6-18)30(39)26-19(12-17-4-9-23(26)37-17)24-13-36-25(42-24)15-40-10-11-41-29-22(34)8-7-21(32)28(29)35/h1-3,7-8,13,17-18,23,37H,4-6,9-12,14-15H2. The number of ether oxygens (including phenoxy) is 2. The van der Waals surface area contributed by atoms with Gasteiger partial charge in [-0.3, -0.25) is 4.79 Å². The van der Waals surface area contributed by atoms with Gasteiger partial charge in [0.05, 0.1) is 33.2 Å². The molecule has 1 amide bonds. The highest BCUT2D eigenvalue weighted by atomic mass is 35.5. The fraction of sp³-hybridized carbons (Fsp3) is 0.400. The molecular weight excluding hydrogens is 627 g/mol. The van der Waals surface area contributed by atoms with Crippen molar-refractivity contribution in [3.63, 3.8) is 0 Å². The van der Waals surface area contributed by atoms with E-state index in [4.69, 9.17) is 44.3 Å². The minimum Gasteiger partial charge on any atom is -0.485 e. The molecular formula is C30H28Cl3F2N3O3S. The van der Waals surface area contributed by atoms with Crippen molar-refractivity contribution in [2.45, 2.75) is 63.4 Å². The van der Waals surface area contributed by atoms with Gasteiger partial charge in [0, 0.05) is 36.4 Å². The molecule has 2 unspecified atom stereocenters. The van der Waals surface area contributed by atoms with Crippen molar-refractivity contribution < 1.29 is 23.0 Å². The number of halogens is 5. The molecule has 2 aliphatic heterocycles. The minimum absolute atomic E-state index is 0.00596. The highest BCUT2D eigenvalue weighted by molar-refractivity contribution is 7.12. The molecule has 1 aliphatic carbocycles. The summed E-state index contributed by atoms with van der Waals surface area (Å²) in [5.41, 5.74) is 2.68. The van der Waals surface area contributed by atoms with Gasteiger partial charge < -0.3 is 19.7 Å². The fourth-order valence-electron chi connectivity index (χ4n) is 5.57. The monoisotopic (exact) mass is 653 g/mol. The summed E-state index contributed by atoms with van der Waals surface area (Å²) >= 11 is 20.0. The molecule has 2 atom stereocenters. The quantitative estimate of drug-likeness (QED) is 0.172. The zero-order valence-electron chi connectivity index (χ0n) is 22.5. The number of aromatic nitrogens is 1. The van der Waals surface area contributed by atoms with Gasteiger partial charge in [0.15, 0.2) is 17.4 Å². The van der Waals surface area contributed by atoms with E-state index in [0.717, 1.165) is 70.8 Å². The fourth-order valence-corrected chi connectivity index (χ4v) is 7.02. The van der Waals surface area contributed by atoms with Crippen LogP contribution in [0.15, 0.2) is 42.1 Å². The van der Waals surface area contributed by atoms with Gasteiger partial charge in [0.2, 0.25) is 0 Å². The predicted octanol–water partition coefficient (Wildman–Crippen LogP) is 7.45. The van der Waals surface area contributed by atoms with E-state index in [9.17, 15) is 13.6 Å². The van der Waals surface area contributed by atoms with Gasteiger partial charge in [-0.15, -0.1) is 11.3 Å².